The van der Waals surface area contributed by atoms with Crippen molar-refractivity contribution in [3.05, 3.63) is 54.1 Å². The fourth-order valence-electron chi connectivity index (χ4n) is 3.64. The maximum atomic E-state index is 13.1. The summed E-state index contributed by atoms with van der Waals surface area (Å²) in [6.45, 7) is 0.690. The van der Waals surface area contributed by atoms with Crippen molar-refractivity contribution >= 4 is 11.9 Å². The first-order chi connectivity index (χ1) is 13.1. The number of benzene rings is 2. The van der Waals surface area contributed by atoms with Gasteiger partial charge in [-0.1, -0.05) is 24.3 Å². The zero-order valence-electron chi connectivity index (χ0n) is 15.6. The molecule has 0 unspecified atom stereocenters. The van der Waals surface area contributed by atoms with Crippen molar-refractivity contribution in [1.82, 2.24) is 4.90 Å². The van der Waals surface area contributed by atoms with E-state index in [1.165, 1.54) is 0 Å². The molecule has 1 aliphatic rings. The fraction of sp³-hybridized carbons (Fsp3) is 0.364. The summed E-state index contributed by atoms with van der Waals surface area (Å²) >= 11 is 0. The number of carboxylic acids is 1. The highest BCUT2D eigenvalue weighted by molar-refractivity contribution is 5.95. The molecule has 1 N–H and O–H groups in total. The van der Waals surface area contributed by atoms with Crippen molar-refractivity contribution in [2.24, 2.45) is 0 Å². The number of methoxy groups -OCH3 is 1. The average molecular weight is 367 g/mol. The molecule has 0 aliphatic carbocycles. The van der Waals surface area contributed by atoms with Crippen LogP contribution in [0.15, 0.2) is 48.5 Å². The lowest BCUT2D eigenvalue weighted by Crippen LogP contribution is -2.44. The lowest BCUT2D eigenvalue weighted by molar-refractivity contribution is -0.137. The van der Waals surface area contributed by atoms with Gasteiger partial charge in [-0.2, -0.15) is 0 Å². The molecular weight excluding hydrogens is 342 g/mol. The predicted octanol–water partition coefficient (Wildman–Crippen LogP) is 4.22. The first-order valence-corrected chi connectivity index (χ1v) is 9.36. The van der Waals surface area contributed by atoms with Crippen LogP contribution < -0.4 is 4.74 Å². The number of carboxylic acid groups (broad SMARTS) is 1. The molecule has 3 rings (SSSR count). The fourth-order valence-corrected chi connectivity index (χ4v) is 3.64. The summed E-state index contributed by atoms with van der Waals surface area (Å²) in [6, 6.07) is 15.4. The van der Waals surface area contributed by atoms with Gasteiger partial charge < -0.3 is 14.7 Å². The standard InChI is InChI=1S/C22H25NO4/c1-27-20-11-8-16(9-12-20)17-5-4-6-18(15-17)22(26)23-14-3-2-7-19(23)10-13-21(24)25/h4-6,8-9,11-12,15,19H,2-3,7,10,13-14H2,1H3,(H,24,25)/t19-/m1/s1. The van der Waals surface area contributed by atoms with Gasteiger partial charge >= 0.3 is 5.97 Å². The highest BCUT2D eigenvalue weighted by Gasteiger charge is 2.27. The van der Waals surface area contributed by atoms with Gasteiger partial charge in [0, 0.05) is 24.6 Å². The van der Waals surface area contributed by atoms with E-state index in [1.54, 1.807) is 7.11 Å². The van der Waals surface area contributed by atoms with Crippen LogP contribution in [0.5, 0.6) is 5.75 Å². The van der Waals surface area contributed by atoms with Crippen LogP contribution in [0.25, 0.3) is 11.1 Å². The summed E-state index contributed by atoms with van der Waals surface area (Å²) < 4.78 is 5.20. The molecular formula is C22H25NO4. The summed E-state index contributed by atoms with van der Waals surface area (Å²) in [7, 11) is 1.63. The Morgan fingerprint density at radius 1 is 1.11 bits per heavy atom. The Morgan fingerprint density at radius 3 is 2.59 bits per heavy atom. The molecule has 1 amide bonds. The SMILES string of the molecule is COc1ccc(-c2cccc(C(=O)N3CCCC[C@@H]3CCC(=O)O)c2)cc1. The van der Waals surface area contributed by atoms with Crippen molar-refractivity contribution in [1.29, 1.82) is 0 Å². The Hall–Kier alpha value is -2.82. The van der Waals surface area contributed by atoms with Crippen molar-refractivity contribution in [2.45, 2.75) is 38.1 Å². The Balaban J connectivity index is 1.79. The molecule has 142 valence electrons. The number of hydrogen-bond donors (Lipinski definition) is 1. The first kappa shape index (κ1) is 19.0. The Labute approximate surface area is 159 Å². The lowest BCUT2D eigenvalue weighted by Gasteiger charge is -2.35. The topological polar surface area (TPSA) is 66.8 Å². The smallest absolute Gasteiger partial charge is 0.303 e. The van der Waals surface area contributed by atoms with Crippen molar-refractivity contribution < 1.29 is 19.4 Å². The Morgan fingerprint density at radius 2 is 1.89 bits per heavy atom. The molecule has 0 radical (unpaired) electrons. The molecule has 2 aromatic rings. The summed E-state index contributed by atoms with van der Waals surface area (Å²) in [4.78, 5) is 25.9. The Bertz CT molecular complexity index is 800. The lowest BCUT2D eigenvalue weighted by atomic mass is 9.96. The van der Waals surface area contributed by atoms with Crippen molar-refractivity contribution in [2.75, 3.05) is 13.7 Å². The van der Waals surface area contributed by atoms with E-state index in [4.69, 9.17) is 9.84 Å². The molecule has 27 heavy (non-hydrogen) atoms. The van der Waals surface area contributed by atoms with E-state index in [1.807, 2.05) is 53.4 Å². The third-order valence-electron chi connectivity index (χ3n) is 5.11. The number of amides is 1. The quantitative estimate of drug-likeness (QED) is 0.830. The Kier molecular flexibility index (Phi) is 6.12. The van der Waals surface area contributed by atoms with Crippen molar-refractivity contribution in [3.63, 3.8) is 0 Å². The van der Waals surface area contributed by atoms with Crippen LogP contribution in [0.3, 0.4) is 0 Å². The zero-order valence-corrected chi connectivity index (χ0v) is 15.6. The molecule has 0 bridgehead atoms. The molecule has 1 heterocycles. The van der Waals surface area contributed by atoms with Crippen LogP contribution in [-0.4, -0.2) is 41.6 Å². The van der Waals surface area contributed by atoms with Crippen LogP contribution in [0.1, 0.15) is 42.5 Å². The summed E-state index contributed by atoms with van der Waals surface area (Å²) in [6.07, 6.45) is 3.49. The zero-order chi connectivity index (χ0) is 19.2. The molecule has 2 aromatic carbocycles. The van der Waals surface area contributed by atoms with E-state index in [0.29, 0.717) is 18.5 Å². The van der Waals surface area contributed by atoms with Crippen LogP contribution in [0.2, 0.25) is 0 Å². The highest BCUT2D eigenvalue weighted by Crippen LogP contribution is 2.26. The number of hydrogen-bond acceptors (Lipinski definition) is 3. The normalized spacial score (nSPS) is 16.8. The van der Waals surface area contributed by atoms with Gasteiger partial charge in [-0.3, -0.25) is 9.59 Å². The molecule has 1 saturated heterocycles. The van der Waals surface area contributed by atoms with E-state index < -0.39 is 5.97 Å². The van der Waals surface area contributed by atoms with Crippen LogP contribution in [0.4, 0.5) is 0 Å². The van der Waals surface area contributed by atoms with Gasteiger partial charge in [0.15, 0.2) is 0 Å². The average Bonchev–Trinajstić information content (AvgIpc) is 2.72. The molecule has 0 spiro atoms. The number of likely N-dealkylation sites (tertiary alicyclic amines) is 1. The van der Waals surface area contributed by atoms with Crippen LogP contribution >= 0.6 is 0 Å². The molecule has 1 aliphatic heterocycles. The van der Waals surface area contributed by atoms with Gasteiger partial charge in [0.25, 0.3) is 5.91 Å². The van der Waals surface area contributed by atoms with Gasteiger partial charge in [0.1, 0.15) is 5.75 Å². The van der Waals surface area contributed by atoms with E-state index in [2.05, 4.69) is 0 Å². The largest absolute Gasteiger partial charge is 0.497 e. The number of carbonyl (C=O) groups excluding carboxylic acids is 1. The first-order valence-electron chi connectivity index (χ1n) is 9.36. The number of ether oxygens (including phenoxy) is 1. The number of carbonyl (C=O) groups is 2. The third kappa shape index (κ3) is 4.67. The van der Waals surface area contributed by atoms with Crippen LogP contribution in [0, 0.1) is 0 Å². The van der Waals surface area contributed by atoms with Crippen molar-refractivity contribution in [3.8, 4) is 16.9 Å². The van der Waals surface area contributed by atoms with Gasteiger partial charge in [0.05, 0.1) is 7.11 Å². The van der Waals surface area contributed by atoms with Gasteiger partial charge in [0.2, 0.25) is 0 Å². The van der Waals surface area contributed by atoms with Gasteiger partial charge in [-0.05, 0) is 61.1 Å². The number of piperidine rings is 1. The van der Waals surface area contributed by atoms with E-state index >= 15 is 0 Å². The maximum Gasteiger partial charge on any atom is 0.303 e. The molecule has 1 fully saturated rings. The van der Waals surface area contributed by atoms with E-state index in [-0.39, 0.29) is 18.4 Å². The molecule has 5 heteroatoms. The maximum absolute atomic E-state index is 13.1. The second-order valence-electron chi connectivity index (χ2n) is 6.89. The van der Waals surface area contributed by atoms with E-state index in [9.17, 15) is 9.59 Å². The predicted molar refractivity (Wildman–Crippen MR) is 104 cm³/mol. The molecule has 0 saturated carbocycles. The van der Waals surface area contributed by atoms with Gasteiger partial charge in [-0.25, -0.2) is 0 Å². The minimum atomic E-state index is -0.811. The van der Waals surface area contributed by atoms with Gasteiger partial charge in [-0.15, -0.1) is 0 Å². The summed E-state index contributed by atoms with van der Waals surface area (Å²) in [5.41, 5.74) is 2.64. The minimum Gasteiger partial charge on any atom is -0.497 e. The summed E-state index contributed by atoms with van der Waals surface area (Å²) in [5.74, 6) is -0.0319. The third-order valence-corrected chi connectivity index (χ3v) is 5.11. The molecule has 5 nitrogen and oxygen atoms in total. The van der Waals surface area contributed by atoms with E-state index in [0.717, 1.165) is 36.1 Å². The number of rotatable bonds is 6. The minimum absolute atomic E-state index is 0.00647. The summed E-state index contributed by atoms with van der Waals surface area (Å²) in [5, 5.41) is 8.97. The number of nitrogens with zero attached hydrogens (tertiary/aromatic N) is 1. The molecule has 1 atom stereocenters. The molecule has 0 aromatic heterocycles. The monoisotopic (exact) mass is 367 g/mol. The highest BCUT2D eigenvalue weighted by atomic mass is 16.5. The van der Waals surface area contributed by atoms with Crippen LogP contribution in [-0.2, 0) is 4.79 Å². The second kappa shape index (κ2) is 8.71. The number of aliphatic carboxylic acids is 1. The second-order valence-corrected chi connectivity index (χ2v) is 6.89.